The number of benzene rings is 1. The Balaban J connectivity index is 2.01. The van der Waals surface area contributed by atoms with Gasteiger partial charge in [0.25, 0.3) is 5.91 Å². The molecule has 0 unspecified atom stereocenters. The fourth-order valence-corrected chi connectivity index (χ4v) is 1.82. The zero-order chi connectivity index (χ0) is 15.6. The van der Waals surface area contributed by atoms with Crippen LogP contribution in [0.3, 0.4) is 0 Å². The number of rotatable bonds is 3. The molecule has 21 heavy (non-hydrogen) atoms. The number of esters is 1. The van der Waals surface area contributed by atoms with Gasteiger partial charge in [0.2, 0.25) is 5.76 Å². The number of carbonyl (C=O) groups is 2. The summed E-state index contributed by atoms with van der Waals surface area (Å²) in [5, 5.41) is 3.41. The molecule has 3 N–H and O–H groups in total. The highest BCUT2D eigenvalue weighted by Crippen LogP contribution is 2.22. The highest BCUT2D eigenvalue weighted by atomic mass is 16.5. The maximum atomic E-state index is 11.8. The van der Waals surface area contributed by atoms with Crippen LogP contribution in [0.4, 0.5) is 5.69 Å². The number of nitrogen functional groups attached to an aromatic ring is 1. The van der Waals surface area contributed by atoms with Gasteiger partial charge in [0.1, 0.15) is 5.58 Å². The molecular formula is C15H18N2O4. The standard InChI is InChI=1S/C15H18N2O4/c1-15(2,3)17-13(18)8-20-14(19)12-7-9-6-10(16)4-5-11(9)21-12/h4-7H,8,16H2,1-3H3,(H,17,18). The van der Waals surface area contributed by atoms with Crippen molar-refractivity contribution >= 4 is 28.5 Å². The third-order valence-corrected chi connectivity index (χ3v) is 2.59. The summed E-state index contributed by atoms with van der Waals surface area (Å²) >= 11 is 0. The number of ether oxygens (including phenoxy) is 1. The molecular weight excluding hydrogens is 272 g/mol. The molecule has 6 heteroatoms. The maximum absolute atomic E-state index is 11.8. The Hall–Kier alpha value is -2.50. The van der Waals surface area contributed by atoms with Crippen molar-refractivity contribution in [3.8, 4) is 0 Å². The minimum atomic E-state index is -0.686. The number of fused-ring (bicyclic) bond motifs is 1. The van der Waals surface area contributed by atoms with Gasteiger partial charge < -0.3 is 20.2 Å². The van der Waals surface area contributed by atoms with Gasteiger partial charge in [0.05, 0.1) is 0 Å². The van der Waals surface area contributed by atoms with Crippen molar-refractivity contribution in [3.05, 3.63) is 30.0 Å². The van der Waals surface area contributed by atoms with E-state index in [9.17, 15) is 9.59 Å². The molecule has 0 aliphatic carbocycles. The van der Waals surface area contributed by atoms with Gasteiger partial charge in [-0.3, -0.25) is 4.79 Å². The maximum Gasteiger partial charge on any atom is 0.374 e. The molecule has 2 aromatic rings. The molecule has 1 aromatic carbocycles. The number of amides is 1. The summed E-state index contributed by atoms with van der Waals surface area (Å²) in [5.41, 5.74) is 6.39. The lowest BCUT2D eigenvalue weighted by molar-refractivity contribution is -0.125. The molecule has 1 heterocycles. The number of anilines is 1. The van der Waals surface area contributed by atoms with E-state index in [1.807, 2.05) is 20.8 Å². The number of hydrogen-bond donors (Lipinski definition) is 2. The monoisotopic (exact) mass is 290 g/mol. The van der Waals surface area contributed by atoms with Gasteiger partial charge >= 0.3 is 5.97 Å². The summed E-state index contributed by atoms with van der Waals surface area (Å²) in [6.07, 6.45) is 0. The molecule has 0 saturated heterocycles. The lowest BCUT2D eigenvalue weighted by Gasteiger charge is -2.20. The molecule has 0 fully saturated rings. The topological polar surface area (TPSA) is 94.6 Å². The smallest absolute Gasteiger partial charge is 0.374 e. The average molecular weight is 290 g/mol. The molecule has 0 bridgehead atoms. The van der Waals surface area contributed by atoms with Crippen molar-refractivity contribution in [3.63, 3.8) is 0 Å². The van der Waals surface area contributed by atoms with Crippen LogP contribution in [0.5, 0.6) is 0 Å². The Labute approximate surface area is 122 Å². The second kappa shape index (κ2) is 5.47. The molecule has 6 nitrogen and oxygen atoms in total. The van der Waals surface area contributed by atoms with E-state index in [0.29, 0.717) is 16.7 Å². The van der Waals surface area contributed by atoms with Crippen LogP contribution in [0.1, 0.15) is 31.3 Å². The van der Waals surface area contributed by atoms with Crippen LogP contribution < -0.4 is 11.1 Å². The molecule has 1 amide bonds. The SMILES string of the molecule is CC(C)(C)NC(=O)COC(=O)c1cc2cc(N)ccc2o1. The molecule has 112 valence electrons. The summed E-state index contributed by atoms with van der Waals surface area (Å²) in [5.74, 6) is -1.01. The van der Waals surface area contributed by atoms with Crippen molar-refractivity contribution in [1.29, 1.82) is 0 Å². The van der Waals surface area contributed by atoms with Crippen molar-refractivity contribution < 1.29 is 18.7 Å². The fraction of sp³-hybridized carbons (Fsp3) is 0.333. The van der Waals surface area contributed by atoms with Gasteiger partial charge in [-0.05, 0) is 45.0 Å². The number of nitrogens with two attached hydrogens (primary N) is 1. The minimum absolute atomic E-state index is 0.0409. The van der Waals surface area contributed by atoms with Gasteiger partial charge in [-0.1, -0.05) is 0 Å². The van der Waals surface area contributed by atoms with E-state index >= 15 is 0 Å². The number of carbonyl (C=O) groups excluding carboxylic acids is 2. The zero-order valence-electron chi connectivity index (χ0n) is 12.2. The second-order valence-electron chi connectivity index (χ2n) is 5.78. The van der Waals surface area contributed by atoms with Crippen molar-refractivity contribution in [2.24, 2.45) is 0 Å². The average Bonchev–Trinajstić information content (AvgIpc) is 2.76. The lowest BCUT2D eigenvalue weighted by Crippen LogP contribution is -2.42. The summed E-state index contributed by atoms with van der Waals surface area (Å²) in [7, 11) is 0. The second-order valence-corrected chi connectivity index (χ2v) is 5.78. The lowest BCUT2D eigenvalue weighted by atomic mass is 10.1. The van der Waals surface area contributed by atoms with Crippen molar-refractivity contribution in [2.75, 3.05) is 12.3 Å². The molecule has 2 rings (SSSR count). The van der Waals surface area contributed by atoms with E-state index < -0.39 is 5.97 Å². The first-order chi connectivity index (χ1) is 9.74. The first-order valence-corrected chi connectivity index (χ1v) is 6.52. The van der Waals surface area contributed by atoms with Crippen LogP contribution in [-0.4, -0.2) is 24.0 Å². The van der Waals surface area contributed by atoms with Crippen LogP contribution in [-0.2, 0) is 9.53 Å². The van der Waals surface area contributed by atoms with Crippen LogP contribution in [0, 0.1) is 0 Å². The molecule has 0 spiro atoms. The Morgan fingerprint density at radius 3 is 2.67 bits per heavy atom. The molecule has 0 aliphatic rings. The molecule has 0 radical (unpaired) electrons. The van der Waals surface area contributed by atoms with E-state index in [2.05, 4.69) is 5.32 Å². The first kappa shape index (κ1) is 14.9. The van der Waals surface area contributed by atoms with E-state index in [1.165, 1.54) is 6.07 Å². The van der Waals surface area contributed by atoms with E-state index in [4.69, 9.17) is 14.9 Å². The Kier molecular flexibility index (Phi) is 3.88. The molecule has 0 saturated carbocycles. The predicted octanol–water partition coefficient (Wildman–Crippen LogP) is 2.09. The number of nitrogens with one attached hydrogen (secondary N) is 1. The molecule has 1 aromatic heterocycles. The van der Waals surface area contributed by atoms with Gasteiger partial charge in [-0.25, -0.2) is 4.79 Å². The summed E-state index contributed by atoms with van der Waals surface area (Å²) in [6.45, 7) is 5.18. The van der Waals surface area contributed by atoms with Crippen LogP contribution in [0.25, 0.3) is 11.0 Å². The quantitative estimate of drug-likeness (QED) is 0.666. The third kappa shape index (κ3) is 3.98. The number of furan rings is 1. The minimum Gasteiger partial charge on any atom is -0.450 e. The van der Waals surface area contributed by atoms with Crippen molar-refractivity contribution in [2.45, 2.75) is 26.3 Å². The van der Waals surface area contributed by atoms with Gasteiger partial charge in [0, 0.05) is 16.6 Å². The largest absolute Gasteiger partial charge is 0.450 e. The van der Waals surface area contributed by atoms with Gasteiger partial charge in [0.15, 0.2) is 6.61 Å². The predicted molar refractivity (Wildman–Crippen MR) is 78.8 cm³/mol. The third-order valence-electron chi connectivity index (χ3n) is 2.59. The Morgan fingerprint density at radius 2 is 2.00 bits per heavy atom. The zero-order valence-corrected chi connectivity index (χ0v) is 12.2. The van der Waals surface area contributed by atoms with E-state index in [-0.39, 0.29) is 23.8 Å². The normalized spacial score (nSPS) is 11.4. The highest BCUT2D eigenvalue weighted by molar-refractivity contribution is 5.94. The summed E-state index contributed by atoms with van der Waals surface area (Å²) < 4.78 is 10.3. The van der Waals surface area contributed by atoms with Crippen LogP contribution >= 0.6 is 0 Å². The van der Waals surface area contributed by atoms with Gasteiger partial charge in [-0.2, -0.15) is 0 Å². The molecule has 0 aliphatic heterocycles. The Morgan fingerprint density at radius 1 is 1.29 bits per heavy atom. The molecule has 0 atom stereocenters. The van der Waals surface area contributed by atoms with Gasteiger partial charge in [-0.15, -0.1) is 0 Å². The van der Waals surface area contributed by atoms with E-state index in [1.54, 1.807) is 18.2 Å². The highest BCUT2D eigenvalue weighted by Gasteiger charge is 2.18. The fourth-order valence-electron chi connectivity index (χ4n) is 1.82. The van der Waals surface area contributed by atoms with E-state index in [0.717, 1.165) is 0 Å². The summed E-state index contributed by atoms with van der Waals surface area (Å²) in [4.78, 5) is 23.4. The van der Waals surface area contributed by atoms with Crippen LogP contribution in [0.15, 0.2) is 28.7 Å². The number of hydrogen-bond acceptors (Lipinski definition) is 5. The first-order valence-electron chi connectivity index (χ1n) is 6.52. The van der Waals surface area contributed by atoms with Crippen LogP contribution in [0.2, 0.25) is 0 Å². The Bertz CT molecular complexity index is 683. The summed E-state index contributed by atoms with van der Waals surface area (Å²) in [6, 6.07) is 6.59. The van der Waals surface area contributed by atoms with Crippen molar-refractivity contribution in [1.82, 2.24) is 5.32 Å².